The summed E-state index contributed by atoms with van der Waals surface area (Å²) in [6.45, 7) is 2.97. The molecule has 3 aromatic rings. The Balaban J connectivity index is 1.42. The van der Waals surface area contributed by atoms with Gasteiger partial charge in [-0.1, -0.05) is 51.4 Å². The molecule has 1 amide bonds. The summed E-state index contributed by atoms with van der Waals surface area (Å²) in [6, 6.07) is 19.7. The second kappa shape index (κ2) is 7.33. The summed E-state index contributed by atoms with van der Waals surface area (Å²) in [7, 11) is 0. The Bertz CT molecular complexity index is 885. The first-order chi connectivity index (χ1) is 12.7. The Morgan fingerprint density at radius 2 is 1.65 bits per heavy atom. The number of hydrogen-bond donors (Lipinski definition) is 0. The van der Waals surface area contributed by atoms with Gasteiger partial charge >= 0.3 is 0 Å². The molecule has 0 unspecified atom stereocenters. The van der Waals surface area contributed by atoms with Crippen molar-refractivity contribution in [3.05, 3.63) is 70.8 Å². The molecule has 0 bridgehead atoms. The molecule has 132 valence electrons. The lowest BCUT2D eigenvalue weighted by Gasteiger charge is -2.35. The van der Waals surface area contributed by atoms with E-state index in [9.17, 15) is 4.79 Å². The average Bonchev–Trinajstić information content (AvgIpc) is 3.19. The van der Waals surface area contributed by atoms with E-state index in [4.69, 9.17) is 4.52 Å². The van der Waals surface area contributed by atoms with E-state index in [1.165, 1.54) is 5.69 Å². The molecule has 1 aromatic heterocycles. The molecule has 26 heavy (non-hydrogen) atoms. The topological polar surface area (TPSA) is 49.6 Å². The fraction of sp³-hybridized carbons (Fsp3) is 0.200. The third-order valence-electron chi connectivity index (χ3n) is 4.55. The van der Waals surface area contributed by atoms with Gasteiger partial charge in [0.25, 0.3) is 5.91 Å². The van der Waals surface area contributed by atoms with Crippen molar-refractivity contribution in [2.45, 2.75) is 0 Å². The van der Waals surface area contributed by atoms with Crippen molar-refractivity contribution in [2.75, 3.05) is 31.1 Å². The minimum Gasteiger partial charge on any atom is -0.368 e. The first kappa shape index (κ1) is 16.8. The van der Waals surface area contributed by atoms with Crippen molar-refractivity contribution in [3.63, 3.8) is 0 Å². The number of benzene rings is 2. The van der Waals surface area contributed by atoms with E-state index < -0.39 is 0 Å². The molecule has 1 fully saturated rings. The van der Waals surface area contributed by atoms with E-state index in [-0.39, 0.29) is 5.91 Å². The van der Waals surface area contributed by atoms with Gasteiger partial charge < -0.3 is 14.3 Å². The van der Waals surface area contributed by atoms with Gasteiger partial charge in [-0.2, -0.15) is 0 Å². The standard InChI is InChI=1S/C20H18BrN3O2/c21-16-8-6-15(7-9-16)19-14-18(22-26-19)20(25)24-12-10-23(11-13-24)17-4-2-1-3-5-17/h1-9,14H,10-13H2. The Kier molecular flexibility index (Phi) is 4.75. The highest BCUT2D eigenvalue weighted by Gasteiger charge is 2.24. The second-order valence-electron chi connectivity index (χ2n) is 6.20. The quantitative estimate of drug-likeness (QED) is 0.651. The van der Waals surface area contributed by atoms with Crippen LogP contribution in [-0.2, 0) is 0 Å². The molecule has 0 radical (unpaired) electrons. The number of anilines is 1. The monoisotopic (exact) mass is 411 g/mol. The zero-order chi connectivity index (χ0) is 17.9. The largest absolute Gasteiger partial charge is 0.368 e. The van der Waals surface area contributed by atoms with Gasteiger partial charge in [0, 0.05) is 48.0 Å². The van der Waals surface area contributed by atoms with Crippen LogP contribution in [0.1, 0.15) is 10.5 Å². The molecule has 0 N–H and O–H groups in total. The van der Waals surface area contributed by atoms with Crippen molar-refractivity contribution in [2.24, 2.45) is 0 Å². The Hall–Kier alpha value is -2.60. The smallest absolute Gasteiger partial charge is 0.276 e. The van der Waals surface area contributed by atoms with E-state index in [1.807, 2.05) is 47.4 Å². The molecule has 5 nitrogen and oxygen atoms in total. The van der Waals surface area contributed by atoms with Gasteiger partial charge in [0.1, 0.15) is 0 Å². The molecular weight excluding hydrogens is 394 g/mol. The van der Waals surface area contributed by atoms with Crippen molar-refractivity contribution >= 4 is 27.5 Å². The van der Waals surface area contributed by atoms with Gasteiger partial charge in [-0.05, 0) is 24.3 Å². The van der Waals surface area contributed by atoms with Gasteiger partial charge in [0.2, 0.25) is 0 Å². The summed E-state index contributed by atoms with van der Waals surface area (Å²) in [5.74, 6) is 0.522. The van der Waals surface area contributed by atoms with Crippen LogP contribution >= 0.6 is 15.9 Å². The number of para-hydroxylation sites is 1. The zero-order valence-corrected chi connectivity index (χ0v) is 15.7. The van der Waals surface area contributed by atoms with Crippen LogP contribution in [-0.4, -0.2) is 42.1 Å². The van der Waals surface area contributed by atoms with E-state index in [0.29, 0.717) is 24.5 Å². The van der Waals surface area contributed by atoms with Gasteiger partial charge in [-0.15, -0.1) is 0 Å². The minimum absolute atomic E-state index is 0.0789. The number of hydrogen-bond acceptors (Lipinski definition) is 4. The van der Waals surface area contributed by atoms with Crippen molar-refractivity contribution < 1.29 is 9.32 Å². The summed E-state index contributed by atoms with van der Waals surface area (Å²) in [6.07, 6.45) is 0. The Labute approximate surface area is 160 Å². The van der Waals surface area contributed by atoms with Crippen molar-refractivity contribution in [1.29, 1.82) is 0 Å². The van der Waals surface area contributed by atoms with Gasteiger partial charge in [0.05, 0.1) is 0 Å². The summed E-state index contributed by atoms with van der Waals surface area (Å²) in [5.41, 5.74) is 2.45. The average molecular weight is 412 g/mol. The number of halogens is 1. The van der Waals surface area contributed by atoms with Crippen molar-refractivity contribution in [1.82, 2.24) is 10.1 Å². The molecular formula is C20H18BrN3O2. The van der Waals surface area contributed by atoms with Crippen molar-refractivity contribution in [3.8, 4) is 11.3 Å². The maximum Gasteiger partial charge on any atom is 0.276 e. The molecule has 1 aliphatic heterocycles. The van der Waals surface area contributed by atoms with Gasteiger partial charge in [0.15, 0.2) is 11.5 Å². The summed E-state index contributed by atoms with van der Waals surface area (Å²) >= 11 is 3.41. The molecule has 0 atom stereocenters. The number of piperazine rings is 1. The maximum atomic E-state index is 12.7. The van der Waals surface area contributed by atoms with Crippen LogP contribution in [0.2, 0.25) is 0 Å². The lowest BCUT2D eigenvalue weighted by molar-refractivity contribution is 0.0736. The lowest BCUT2D eigenvalue weighted by Crippen LogP contribution is -2.48. The first-order valence-corrected chi connectivity index (χ1v) is 9.32. The molecule has 0 spiro atoms. The van der Waals surface area contributed by atoms with E-state index >= 15 is 0 Å². The maximum absolute atomic E-state index is 12.7. The number of amides is 1. The van der Waals surface area contributed by atoms with Crippen LogP contribution in [0.25, 0.3) is 11.3 Å². The fourth-order valence-corrected chi connectivity index (χ4v) is 3.36. The Morgan fingerprint density at radius 1 is 0.962 bits per heavy atom. The molecule has 1 saturated heterocycles. The number of nitrogens with zero attached hydrogens (tertiary/aromatic N) is 3. The van der Waals surface area contributed by atoms with E-state index in [0.717, 1.165) is 23.1 Å². The second-order valence-corrected chi connectivity index (χ2v) is 7.11. The molecule has 4 rings (SSSR count). The van der Waals surface area contributed by atoms with Crippen LogP contribution in [0.5, 0.6) is 0 Å². The van der Waals surface area contributed by atoms with Crippen LogP contribution in [0.4, 0.5) is 5.69 Å². The molecule has 6 heteroatoms. The highest BCUT2D eigenvalue weighted by molar-refractivity contribution is 9.10. The minimum atomic E-state index is -0.0789. The van der Waals surface area contributed by atoms with Crippen LogP contribution in [0, 0.1) is 0 Å². The third-order valence-corrected chi connectivity index (χ3v) is 5.07. The lowest BCUT2D eigenvalue weighted by atomic mass is 10.1. The Morgan fingerprint density at radius 3 is 2.35 bits per heavy atom. The normalized spacial score (nSPS) is 14.5. The van der Waals surface area contributed by atoms with Crippen LogP contribution in [0.15, 0.2) is 69.7 Å². The molecule has 2 heterocycles. The predicted molar refractivity (Wildman–Crippen MR) is 104 cm³/mol. The SMILES string of the molecule is O=C(c1cc(-c2ccc(Br)cc2)on1)N1CCN(c2ccccc2)CC1. The first-order valence-electron chi connectivity index (χ1n) is 8.52. The van der Waals surface area contributed by atoms with Crippen LogP contribution in [0.3, 0.4) is 0 Å². The number of carbonyl (C=O) groups excluding carboxylic acids is 1. The molecule has 0 aliphatic carbocycles. The summed E-state index contributed by atoms with van der Waals surface area (Å²) in [4.78, 5) is 16.8. The summed E-state index contributed by atoms with van der Waals surface area (Å²) < 4.78 is 6.36. The zero-order valence-electron chi connectivity index (χ0n) is 14.1. The molecule has 0 saturated carbocycles. The number of carbonyl (C=O) groups is 1. The molecule has 2 aromatic carbocycles. The van der Waals surface area contributed by atoms with Gasteiger partial charge in [-0.3, -0.25) is 4.79 Å². The number of rotatable bonds is 3. The van der Waals surface area contributed by atoms with E-state index in [1.54, 1.807) is 6.07 Å². The van der Waals surface area contributed by atoms with Crippen LogP contribution < -0.4 is 4.90 Å². The van der Waals surface area contributed by atoms with E-state index in [2.05, 4.69) is 38.1 Å². The predicted octanol–water partition coefficient (Wildman–Crippen LogP) is 4.07. The fourth-order valence-electron chi connectivity index (χ4n) is 3.09. The van der Waals surface area contributed by atoms with Gasteiger partial charge in [-0.25, -0.2) is 0 Å². The molecule has 1 aliphatic rings. The summed E-state index contributed by atoms with van der Waals surface area (Å²) in [5, 5.41) is 3.98. The highest BCUT2D eigenvalue weighted by atomic mass is 79.9. The third kappa shape index (κ3) is 3.51. The highest BCUT2D eigenvalue weighted by Crippen LogP contribution is 2.23. The number of aromatic nitrogens is 1.